The number of hydrogen-bond donors (Lipinski definition) is 2. The smallest absolute Gasteiger partial charge is 0.342 e. The highest BCUT2D eigenvalue weighted by Crippen LogP contribution is 2.25. The van der Waals surface area contributed by atoms with E-state index in [1.54, 1.807) is 6.07 Å². The third kappa shape index (κ3) is 4.05. The van der Waals surface area contributed by atoms with E-state index in [2.05, 4.69) is 10.3 Å². The van der Waals surface area contributed by atoms with Gasteiger partial charge in [-0.05, 0) is 35.0 Å². The number of ether oxygens (including phenoxy) is 1. The lowest BCUT2D eigenvalue weighted by molar-refractivity contribution is -0.119. The Bertz CT molecular complexity index is 941. The molecule has 0 aliphatic rings. The molecule has 0 unspecified atom stereocenters. The molecule has 3 aromatic rings. The lowest BCUT2D eigenvalue weighted by Crippen LogP contribution is -2.21. The summed E-state index contributed by atoms with van der Waals surface area (Å²) in [6, 6.07) is 13.4. The van der Waals surface area contributed by atoms with Crippen LogP contribution in [0.2, 0.25) is 5.02 Å². The van der Waals surface area contributed by atoms with Gasteiger partial charge in [-0.25, -0.2) is 9.78 Å². The highest BCUT2D eigenvalue weighted by Gasteiger charge is 2.15. The van der Waals surface area contributed by atoms with Crippen LogP contribution >= 0.6 is 11.6 Å². The van der Waals surface area contributed by atoms with Gasteiger partial charge in [-0.2, -0.15) is 0 Å². The van der Waals surface area contributed by atoms with Crippen molar-refractivity contribution in [3.05, 3.63) is 65.3 Å². The fourth-order valence-corrected chi connectivity index (χ4v) is 2.34. The Hall–Kier alpha value is -3.12. The van der Waals surface area contributed by atoms with Crippen molar-refractivity contribution in [3.8, 4) is 5.75 Å². The lowest BCUT2D eigenvalue weighted by atomic mass is 10.1. The zero-order valence-corrected chi connectivity index (χ0v) is 13.7. The van der Waals surface area contributed by atoms with Gasteiger partial charge in [0, 0.05) is 6.20 Å². The van der Waals surface area contributed by atoms with Crippen molar-refractivity contribution in [1.82, 2.24) is 4.98 Å². The van der Waals surface area contributed by atoms with Gasteiger partial charge < -0.3 is 15.2 Å². The number of rotatable bonds is 4. The van der Waals surface area contributed by atoms with Gasteiger partial charge in [-0.1, -0.05) is 35.9 Å². The van der Waals surface area contributed by atoms with Crippen LogP contribution in [0, 0.1) is 0 Å². The Morgan fingerprint density at radius 1 is 1.12 bits per heavy atom. The Morgan fingerprint density at radius 2 is 1.84 bits per heavy atom. The van der Waals surface area contributed by atoms with E-state index in [1.807, 2.05) is 24.3 Å². The summed E-state index contributed by atoms with van der Waals surface area (Å²) in [5.41, 5.74) is -0.00359. The van der Waals surface area contributed by atoms with Crippen LogP contribution in [0.3, 0.4) is 0 Å². The molecule has 1 heterocycles. The summed E-state index contributed by atoms with van der Waals surface area (Å²) in [5, 5.41) is 14.5. The van der Waals surface area contributed by atoms with Gasteiger partial charge >= 0.3 is 5.97 Å². The number of benzene rings is 2. The van der Waals surface area contributed by atoms with E-state index >= 15 is 0 Å². The topological polar surface area (TPSA) is 88.5 Å². The van der Waals surface area contributed by atoms with Crippen LogP contribution in [0.15, 0.2) is 54.7 Å². The molecule has 7 heteroatoms. The number of anilines is 1. The van der Waals surface area contributed by atoms with Crippen LogP contribution in [0.5, 0.6) is 5.75 Å². The Labute approximate surface area is 148 Å². The zero-order chi connectivity index (χ0) is 17.8. The number of amides is 1. The van der Waals surface area contributed by atoms with Crippen molar-refractivity contribution in [2.45, 2.75) is 0 Å². The molecular formula is C18H13ClN2O4. The lowest BCUT2D eigenvalue weighted by Gasteiger charge is -2.08. The maximum Gasteiger partial charge on any atom is 0.342 e. The number of halogens is 1. The van der Waals surface area contributed by atoms with E-state index < -0.39 is 18.5 Å². The standard InChI is InChI=1S/C18H13ClN2O4/c19-13-5-6-16(20-9-13)21-17(23)10-25-18(24)14-7-11-3-1-2-4-12(11)8-15(14)22/h1-9,22H,10H2,(H,20,21,23). The molecule has 0 aliphatic heterocycles. The minimum Gasteiger partial charge on any atom is -0.507 e. The Morgan fingerprint density at radius 3 is 2.52 bits per heavy atom. The molecule has 0 radical (unpaired) electrons. The minimum atomic E-state index is -0.789. The summed E-state index contributed by atoms with van der Waals surface area (Å²) in [6.45, 7) is -0.505. The molecule has 6 nitrogen and oxygen atoms in total. The van der Waals surface area contributed by atoms with Crippen molar-refractivity contribution in [3.63, 3.8) is 0 Å². The molecule has 3 rings (SSSR count). The monoisotopic (exact) mass is 356 g/mol. The molecule has 0 saturated carbocycles. The average molecular weight is 357 g/mol. The fourth-order valence-electron chi connectivity index (χ4n) is 2.23. The van der Waals surface area contributed by atoms with E-state index in [0.717, 1.165) is 10.8 Å². The maximum atomic E-state index is 12.1. The number of fused-ring (bicyclic) bond motifs is 1. The molecule has 2 N–H and O–H groups in total. The van der Waals surface area contributed by atoms with Gasteiger partial charge in [-0.15, -0.1) is 0 Å². The molecule has 0 fully saturated rings. The second kappa shape index (κ2) is 7.19. The fraction of sp³-hybridized carbons (Fsp3) is 0.0556. The molecule has 126 valence electrons. The third-order valence-electron chi connectivity index (χ3n) is 3.41. The number of esters is 1. The highest BCUT2D eigenvalue weighted by molar-refractivity contribution is 6.30. The van der Waals surface area contributed by atoms with Gasteiger partial charge in [0.2, 0.25) is 0 Å². The van der Waals surface area contributed by atoms with Crippen molar-refractivity contribution in [2.24, 2.45) is 0 Å². The molecule has 0 spiro atoms. The highest BCUT2D eigenvalue weighted by atomic mass is 35.5. The van der Waals surface area contributed by atoms with E-state index in [0.29, 0.717) is 10.8 Å². The van der Waals surface area contributed by atoms with E-state index in [9.17, 15) is 14.7 Å². The predicted octanol–water partition coefficient (Wildman–Crippen LogP) is 3.39. The van der Waals surface area contributed by atoms with Gasteiger partial charge in [0.15, 0.2) is 6.61 Å². The first-order chi connectivity index (χ1) is 12.0. The van der Waals surface area contributed by atoms with Crippen LogP contribution in [0.25, 0.3) is 10.8 Å². The molecule has 1 amide bonds. The van der Waals surface area contributed by atoms with Gasteiger partial charge in [0.25, 0.3) is 5.91 Å². The number of nitrogens with zero attached hydrogens (tertiary/aromatic N) is 1. The normalized spacial score (nSPS) is 10.4. The van der Waals surface area contributed by atoms with Gasteiger partial charge in [0.05, 0.1) is 5.02 Å². The number of hydrogen-bond acceptors (Lipinski definition) is 5. The van der Waals surface area contributed by atoms with Crippen molar-refractivity contribution < 1.29 is 19.4 Å². The molecular weight excluding hydrogens is 344 g/mol. The van der Waals surface area contributed by atoms with E-state index in [-0.39, 0.29) is 11.3 Å². The summed E-state index contributed by atoms with van der Waals surface area (Å²) in [4.78, 5) is 27.8. The second-order valence-corrected chi connectivity index (χ2v) is 5.64. The molecule has 25 heavy (non-hydrogen) atoms. The van der Waals surface area contributed by atoms with E-state index in [4.69, 9.17) is 16.3 Å². The van der Waals surface area contributed by atoms with E-state index in [1.165, 1.54) is 24.4 Å². The molecule has 0 saturated heterocycles. The number of aromatic hydroxyl groups is 1. The number of phenols is 1. The molecule has 0 bridgehead atoms. The SMILES string of the molecule is O=C(COC(=O)c1cc2ccccc2cc1O)Nc1ccc(Cl)cn1. The second-order valence-electron chi connectivity index (χ2n) is 5.20. The third-order valence-corrected chi connectivity index (χ3v) is 3.64. The molecule has 1 aromatic heterocycles. The average Bonchev–Trinajstić information content (AvgIpc) is 2.61. The van der Waals surface area contributed by atoms with Crippen molar-refractivity contribution in [2.75, 3.05) is 11.9 Å². The summed E-state index contributed by atoms with van der Waals surface area (Å²) < 4.78 is 4.95. The summed E-state index contributed by atoms with van der Waals surface area (Å²) in [7, 11) is 0. The molecule has 2 aromatic carbocycles. The van der Waals surface area contributed by atoms with Crippen molar-refractivity contribution in [1.29, 1.82) is 0 Å². The first-order valence-electron chi connectivity index (χ1n) is 7.33. The number of aromatic nitrogens is 1. The van der Waals surface area contributed by atoms with Crippen LogP contribution in [-0.2, 0) is 9.53 Å². The minimum absolute atomic E-state index is 0.00359. The quantitative estimate of drug-likeness (QED) is 0.699. The number of carbonyl (C=O) groups excluding carboxylic acids is 2. The number of pyridine rings is 1. The molecule has 0 atom stereocenters. The van der Waals surface area contributed by atoms with Crippen LogP contribution < -0.4 is 5.32 Å². The van der Waals surface area contributed by atoms with Crippen LogP contribution in [0.4, 0.5) is 5.82 Å². The number of carbonyl (C=O) groups is 2. The van der Waals surface area contributed by atoms with Gasteiger partial charge in [0.1, 0.15) is 17.1 Å². The largest absolute Gasteiger partial charge is 0.507 e. The zero-order valence-electron chi connectivity index (χ0n) is 12.9. The summed E-state index contributed by atoms with van der Waals surface area (Å²) >= 11 is 5.71. The number of phenolic OH excluding ortho intramolecular Hbond substituents is 1. The summed E-state index contributed by atoms with van der Waals surface area (Å²) in [5.74, 6) is -1.26. The number of nitrogens with one attached hydrogen (secondary N) is 1. The Balaban J connectivity index is 1.65. The van der Waals surface area contributed by atoms with Crippen LogP contribution in [-0.4, -0.2) is 28.6 Å². The van der Waals surface area contributed by atoms with Gasteiger partial charge in [-0.3, -0.25) is 4.79 Å². The maximum absolute atomic E-state index is 12.1. The molecule has 0 aliphatic carbocycles. The summed E-state index contributed by atoms with van der Waals surface area (Å²) in [6.07, 6.45) is 1.39. The van der Waals surface area contributed by atoms with Crippen LogP contribution in [0.1, 0.15) is 10.4 Å². The first kappa shape index (κ1) is 16.7. The first-order valence-corrected chi connectivity index (χ1v) is 7.71. The predicted molar refractivity (Wildman–Crippen MR) is 93.8 cm³/mol. The van der Waals surface area contributed by atoms with Crippen molar-refractivity contribution >= 4 is 40.1 Å². The Kier molecular flexibility index (Phi) is 4.81.